The summed E-state index contributed by atoms with van der Waals surface area (Å²) in [4.78, 5) is 63.3. The van der Waals surface area contributed by atoms with Crippen LogP contribution in [0.1, 0.15) is 82.4 Å². The zero-order valence-electron chi connectivity index (χ0n) is 34.5. The minimum Gasteiger partial charge on any atom is -0.476 e. The van der Waals surface area contributed by atoms with E-state index in [0.717, 1.165) is 24.1 Å². The highest BCUT2D eigenvalue weighted by atomic mass is 32.1. The number of amides is 4. The highest BCUT2D eigenvalue weighted by molar-refractivity contribution is 7.81. The summed E-state index contributed by atoms with van der Waals surface area (Å²) in [6.45, 7) is 10.8. The van der Waals surface area contributed by atoms with Crippen LogP contribution in [-0.2, 0) is 25.4 Å². The van der Waals surface area contributed by atoms with E-state index in [1.165, 1.54) is 11.0 Å². The van der Waals surface area contributed by atoms with E-state index >= 15 is 0 Å². The summed E-state index contributed by atoms with van der Waals surface area (Å²) in [5.41, 5.74) is -0.863. The SMILES string of the molecule is CC(C)c1cc(N2C(S)N(c3ccc(C#N)c(C(F)(F)F)c3)C(=O)C23CCC3)cnc1OCCN1C[C@@H](C)N(CC(=O)Nc2cccc(NC3CCC(=O)NC3=O)c2)[C@@H](C)C1. The average molecular weight is 862 g/mol. The molecule has 0 radical (unpaired) electrons. The average Bonchev–Trinajstić information content (AvgIpc) is 3.43. The van der Waals surface area contributed by atoms with E-state index in [4.69, 9.17) is 22.3 Å². The van der Waals surface area contributed by atoms with Gasteiger partial charge in [0.2, 0.25) is 23.6 Å². The number of ether oxygens (including phenoxy) is 1. The molecule has 3 aliphatic heterocycles. The van der Waals surface area contributed by atoms with Crippen LogP contribution in [0.2, 0.25) is 0 Å². The number of imide groups is 1. The molecule has 3 aromatic rings. The molecule has 4 amide bonds. The van der Waals surface area contributed by atoms with Crippen LogP contribution in [0.5, 0.6) is 5.88 Å². The molecule has 1 spiro atoms. The van der Waals surface area contributed by atoms with Gasteiger partial charge in [-0.3, -0.25) is 39.2 Å². The number of nitriles is 1. The van der Waals surface area contributed by atoms with Gasteiger partial charge in [-0.25, -0.2) is 4.98 Å². The Bertz CT molecular complexity index is 2220. The first-order valence-corrected chi connectivity index (χ1v) is 21.0. The van der Waals surface area contributed by atoms with E-state index in [2.05, 4.69) is 39.6 Å². The van der Waals surface area contributed by atoms with Gasteiger partial charge in [-0.2, -0.15) is 18.4 Å². The number of piperidine rings is 1. The molecule has 4 fully saturated rings. The Hall–Kier alpha value is -5.38. The summed E-state index contributed by atoms with van der Waals surface area (Å²) >= 11 is 4.81. The number of carbonyl (C=O) groups excluding carboxylic acids is 4. The number of hydrogen-bond acceptors (Lipinski definition) is 12. The number of rotatable bonds is 12. The molecule has 3 N–H and O–H groups in total. The maximum atomic E-state index is 14.1. The lowest BCUT2D eigenvalue weighted by molar-refractivity contribution is -0.138. The van der Waals surface area contributed by atoms with Gasteiger partial charge < -0.3 is 20.3 Å². The van der Waals surface area contributed by atoms with Crippen molar-refractivity contribution in [3.05, 3.63) is 71.4 Å². The minimum absolute atomic E-state index is 0.0127. The smallest absolute Gasteiger partial charge is 0.417 e. The number of piperazine rings is 1. The second-order valence-corrected chi connectivity index (χ2v) is 17.1. The standard InChI is InChI=1S/C43H50F3N9O5S/c1-25(2)33-18-32(55-41(61)54(40(59)42(55)13-6-14-42)31-10-9-28(20-47)34(19-31)43(44,45)46)21-48-39(33)60-16-15-52-22-26(3)53(27(4)23-52)24-37(57)50-30-8-5-7-29(17-30)49-35-11-12-36(56)51-38(35)58/h5,7-10,17-19,21,25-27,35,41,49,61H,6,11-16,22-24H2,1-4H3,(H,50,57)(H,51,56,58)/t26-,27+,35?,41?. The molecule has 2 aromatic carbocycles. The van der Waals surface area contributed by atoms with Crippen molar-refractivity contribution in [3.63, 3.8) is 0 Å². The number of hydrogen-bond donors (Lipinski definition) is 4. The number of aromatic nitrogens is 1. The zero-order chi connectivity index (χ0) is 43.8. The Morgan fingerprint density at radius 2 is 1.79 bits per heavy atom. The number of anilines is 4. The van der Waals surface area contributed by atoms with Gasteiger partial charge in [-0.05, 0) is 87.9 Å². The molecular weight excluding hydrogens is 812 g/mol. The summed E-state index contributed by atoms with van der Waals surface area (Å²) in [6.07, 6.45) is -0.722. The van der Waals surface area contributed by atoms with Crippen molar-refractivity contribution >= 4 is 59.0 Å². The molecule has 2 unspecified atom stereocenters. The van der Waals surface area contributed by atoms with Gasteiger partial charge in [-0.1, -0.05) is 19.9 Å². The number of nitrogens with zero attached hydrogens (tertiary/aromatic N) is 6. The van der Waals surface area contributed by atoms with Crippen molar-refractivity contribution in [1.82, 2.24) is 20.1 Å². The first kappa shape index (κ1) is 43.7. The lowest BCUT2D eigenvalue weighted by Crippen LogP contribution is -2.58. The molecule has 61 heavy (non-hydrogen) atoms. The van der Waals surface area contributed by atoms with E-state index in [1.54, 1.807) is 36.5 Å². The van der Waals surface area contributed by atoms with E-state index < -0.39 is 34.4 Å². The van der Waals surface area contributed by atoms with Crippen LogP contribution in [0.3, 0.4) is 0 Å². The maximum Gasteiger partial charge on any atom is 0.417 e. The normalized spacial score (nSPS) is 23.2. The fraction of sp³-hybridized carbons (Fsp3) is 0.488. The van der Waals surface area contributed by atoms with Crippen molar-refractivity contribution in [2.75, 3.05) is 53.2 Å². The lowest BCUT2D eigenvalue weighted by atomic mass is 9.75. The molecule has 4 atom stereocenters. The minimum atomic E-state index is -4.78. The highest BCUT2D eigenvalue weighted by Gasteiger charge is 2.60. The largest absolute Gasteiger partial charge is 0.476 e. The predicted molar refractivity (Wildman–Crippen MR) is 226 cm³/mol. The van der Waals surface area contributed by atoms with Crippen LogP contribution < -0.4 is 30.5 Å². The molecule has 4 heterocycles. The van der Waals surface area contributed by atoms with Crippen molar-refractivity contribution in [3.8, 4) is 11.9 Å². The summed E-state index contributed by atoms with van der Waals surface area (Å²) in [5, 5.41) is 17.8. The van der Waals surface area contributed by atoms with Crippen molar-refractivity contribution in [2.45, 2.75) is 101 Å². The number of carbonyl (C=O) groups is 4. The molecule has 7 rings (SSSR count). The Labute approximate surface area is 358 Å². The van der Waals surface area contributed by atoms with E-state index in [0.29, 0.717) is 68.4 Å². The van der Waals surface area contributed by atoms with E-state index in [9.17, 15) is 37.6 Å². The quantitative estimate of drug-likeness (QED) is 0.130. The highest BCUT2D eigenvalue weighted by Crippen LogP contribution is 2.51. The fourth-order valence-corrected chi connectivity index (χ4v) is 9.41. The molecular formula is C43H50F3N9O5S. The second-order valence-electron chi connectivity index (χ2n) is 16.6. The van der Waals surface area contributed by atoms with Crippen molar-refractivity contribution < 1.29 is 37.1 Å². The summed E-state index contributed by atoms with van der Waals surface area (Å²) < 4.78 is 48.0. The molecule has 1 aliphatic carbocycles. The summed E-state index contributed by atoms with van der Waals surface area (Å²) in [7, 11) is 0. The van der Waals surface area contributed by atoms with Crippen molar-refractivity contribution in [1.29, 1.82) is 5.26 Å². The Balaban J connectivity index is 0.956. The third kappa shape index (κ3) is 9.00. The molecule has 14 nitrogen and oxygen atoms in total. The molecule has 324 valence electrons. The topological polar surface area (TPSA) is 163 Å². The molecule has 1 aromatic heterocycles. The lowest BCUT2D eigenvalue weighted by Gasteiger charge is -2.44. The van der Waals surface area contributed by atoms with Crippen LogP contribution in [-0.4, -0.2) is 100 Å². The van der Waals surface area contributed by atoms with Gasteiger partial charge in [-0.15, -0.1) is 12.6 Å². The predicted octanol–water partition coefficient (Wildman–Crippen LogP) is 5.71. The molecule has 1 saturated carbocycles. The van der Waals surface area contributed by atoms with E-state index in [1.807, 2.05) is 24.8 Å². The fourth-order valence-electron chi connectivity index (χ4n) is 8.82. The van der Waals surface area contributed by atoms with Crippen LogP contribution in [0, 0.1) is 11.3 Å². The summed E-state index contributed by atoms with van der Waals surface area (Å²) in [6, 6.07) is 13.5. The second kappa shape index (κ2) is 17.5. The Morgan fingerprint density at radius 3 is 2.43 bits per heavy atom. The van der Waals surface area contributed by atoms with Crippen LogP contribution in [0.4, 0.5) is 35.9 Å². The number of thiol groups is 1. The summed E-state index contributed by atoms with van der Waals surface area (Å²) in [5.74, 6) is -0.724. The molecule has 3 saturated heterocycles. The number of benzene rings is 2. The maximum absolute atomic E-state index is 14.1. The van der Waals surface area contributed by atoms with Gasteiger partial charge in [0.05, 0.1) is 35.6 Å². The van der Waals surface area contributed by atoms with Gasteiger partial charge in [0.15, 0.2) is 5.50 Å². The number of pyridine rings is 1. The Kier molecular flexibility index (Phi) is 12.6. The Morgan fingerprint density at radius 1 is 1.07 bits per heavy atom. The number of halogens is 3. The zero-order valence-corrected chi connectivity index (χ0v) is 35.4. The van der Waals surface area contributed by atoms with Gasteiger partial charge >= 0.3 is 6.18 Å². The van der Waals surface area contributed by atoms with Crippen LogP contribution in [0.15, 0.2) is 54.7 Å². The van der Waals surface area contributed by atoms with Crippen LogP contribution in [0.25, 0.3) is 0 Å². The number of alkyl halides is 3. The molecule has 0 bridgehead atoms. The molecule has 4 aliphatic rings. The van der Waals surface area contributed by atoms with Gasteiger partial charge in [0, 0.05) is 60.8 Å². The third-order valence-corrected chi connectivity index (χ3v) is 12.5. The van der Waals surface area contributed by atoms with Crippen molar-refractivity contribution in [2.24, 2.45) is 0 Å². The van der Waals surface area contributed by atoms with E-state index in [-0.39, 0.29) is 60.3 Å². The van der Waals surface area contributed by atoms with Gasteiger partial charge in [0.1, 0.15) is 18.2 Å². The first-order chi connectivity index (χ1) is 29.0. The first-order valence-electron chi connectivity index (χ1n) is 20.5. The number of nitrogens with one attached hydrogen (secondary N) is 3. The van der Waals surface area contributed by atoms with Gasteiger partial charge in [0.25, 0.3) is 5.91 Å². The van der Waals surface area contributed by atoms with Crippen LogP contribution >= 0.6 is 12.6 Å². The monoisotopic (exact) mass is 861 g/mol. The third-order valence-electron chi connectivity index (χ3n) is 12.1. The molecule has 18 heteroatoms.